The van der Waals surface area contributed by atoms with E-state index in [0.29, 0.717) is 43.2 Å². The summed E-state index contributed by atoms with van der Waals surface area (Å²) in [6.07, 6.45) is 5.45. The van der Waals surface area contributed by atoms with E-state index >= 15 is 0 Å². The Morgan fingerprint density at radius 3 is 2.56 bits per heavy atom. The molecule has 226 valence electrons. The van der Waals surface area contributed by atoms with E-state index in [-0.39, 0.29) is 36.2 Å². The van der Waals surface area contributed by atoms with Crippen LogP contribution in [-0.4, -0.2) is 83.4 Å². The summed E-state index contributed by atoms with van der Waals surface area (Å²) in [5, 5.41) is 13.8. The average Bonchev–Trinajstić information content (AvgIpc) is 3.37. The van der Waals surface area contributed by atoms with Crippen molar-refractivity contribution in [1.29, 1.82) is 0 Å². The van der Waals surface area contributed by atoms with Crippen LogP contribution in [-0.2, 0) is 37.6 Å². The Balaban J connectivity index is 1.08. The molecule has 10 nitrogen and oxygen atoms in total. The predicted molar refractivity (Wildman–Crippen MR) is 155 cm³/mol. The van der Waals surface area contributed by atoms with E-state index in [2.05, 4.69) is 10.0 Å². The molecule has 2 aromatic carbocycles. The number of benzene rings is 2. The number of aryl methyl sites for hydroxylation is 2. The van der Waals surface area contributed by atoms with Gasteiger partial charge in [0.25, 0.3) is 0 Å². The zero-order chi connectivity index (χ0) is 29.1. The summed E-state index contributed by atoms with van der Waals surface area (Å²) in [6, 6.07) is 11.8. The van der Waals surface area contributed by atoms with Crippen molar-refractivity contribution in [2.24, 2.45) is 0 Å². The van der Waals surface area contributed by atoms with Crippen LogP contribution in [0.5, 0.6) is 5.75 Å². The molecule has 3 N–H and O–H groups in total. The maximum absolute atomic E-state index is 13.4. The highest BCUT2D eigenvalue weighted by Crippen LogP contribution is 2.37. The number of rotatable bonds is 11. The standard InChI is InChI=1S/C29H41N3O7S2/c1-2-31-40(34,35)27-9-5-8-26(17-27)38-21-25(33)19-30-24-18-29(39-20-24)12-14-32(15-13-29)41(36,37)28-11-10-22-6-3-4-7-23(22)16-28/h5,8-11,16-17,24-25,30-31,33H,2-4,6-7,12-15,18-21H2,1H3/t24?,25-/m0/s1. The third-order valence-corrected chi connectivity index (χ3v) is 11.8. The summed E-state index contributed by atoms with van der Waals surface area (Å²) in [5.41, 5.74) is 2.07. The van der Waals surface area contributed by atoms with Crippen LogP contribution in [0.3, 0.4) is 0 Å². The van der Waals surface area contributed by atoms with Crippen molar-refractivity contribution in [1.82, 2.24) is 14.3 Å². The van der Waals surface area contributed by atoms with Gasteiger partial charge >= 0.3 is 0 Å². The molecule has 2 aromatic rings. The lowest BCUT2D eigenvalue weighted by atomic mass is 9.88. The third kappa shape index (κ3) is 7.12. The molecule has 1 aliphatic carbocycles. The van der Waals surface area contributed by atoms with Crippen LogP contribution in [0, 0.1) is 0 Å². The van der Waals surface area contributed by atoms with E-state index in [0.717, 1.165) is 37.7 Å². The summed E-state index contributed by atoms with van der Waals surface area (Å²) in [7, 11) is -7.13. The van der Waals surface area contributed by atoms with Crippen molar-refractivity contribution in [2.45, 2.75) is 79.4 Å². The molecule has 2 saturated heterocycles. The fourth-order valence-corrected chi connectivity index (χ4v) is 8.60. The molecule has 2 fully saturated rings. The number of fused-ring (bicyclic) bond motifs is 1. The Kier molecular flexibility index (Phi) is 9.39. The van der Waals surface area contributed by atoms with Gasteiger partial charge in [0, 0.05) is 38.3 Å². The molecular formula is C29H41N3O7S2. The minimum atomic E-state index is -3.59. The average molecular weight is 608 g/mol. The van der Waals surface area contributed by atoms with Gasteiger partial charge in [-0.05, 0) is 80.3 Å². The van der Waals surface area contributed by atoms with Gasteiger partial charge in [-0.25, -0.2) is 21.6 Å². The molecule has 2 atom stereocenters. The van der Waals surface area contributed by atoms with Gasteiger partial charge in [-0.1, -0.05) is 19.1 Å². The first-order valence-electron chi connectivity index (χ1n) is 14.5. The molecule has 41 heavy (non-hydrogen) atoms. The number of piperidine rings is 1. The van der Waals surface area contributed by atoms with Crippen molar-refractivity contribution >= 4 is 20.0 Å². The van der Waals surface area contributed by atoms with E-state index in [1.807, 2.05) is 12.1 Å². The Hall–Kier alpha value is -2.06. The Bertz CT molecular complexity index is 1420. The second-order valence-electron chi connectivity index (χ2n) is 11.3. The van der Waals surface area contributed by atoms with Gasteiger partial charge < -0.3 is 19.9 Å². The second-order valence-corrected chi connectivity index (χ2v) is 15.0. The summed E-state index contributed by atoms with van der Waals surface area (Å²) >= 11 is 0. The molecule has 0 saturated carbocycles. The number of nitrogens with zero attached hydrogens (tertiary/aromatic N) is 1. The van der Waals surface area contributed by atoms with Crippen molar-refractivity contribution in [3.8, 4) is 5.75 Å². The van der Waals surface area contributed by atoms with Crippen molar-refractivity contribution in [3.63, 3.8) is 0 Å². The molecule has 0 aromatic heterocycles. The number of hydrogen-bond acceptors (Lipinski definition) is 8. The molecule has 12 heteroatoms. The van der Waals surface area contributed by atoms with Gasteiger partial charge in [-0.15, -0.1) is 0 Å². The normalized spacial score (nSPS) is 22.0. The highest BCUT2D eigenvalue weighted by Gasteiger charge is 2.44. The number of nitrogens with one attached hydrogen (secondary N) is 2. The fourth-order valence-electron chi connectivity index (χ4n) is 6.04. The van der Waals surface area contributed by atoms with Gasteiger partial charge in [0.15, 0.2) is 0 Å². The highest BCUT2D eigenvalue weighted by molar-refractivity contribution is 7.89. The van der Waals surface area contributed by atoms with E-state index in [9.17, 15) is 21.9 Å². The Morgan fingerprint density at radius 2 is 1.80 bits per heavy atom. The van der Waals surface area contributed by atoms with Crippen molar-refractivity contribution < 1.29 is 31.4 Å². The fraction of sp³-hybridized carbons (Fsp3) is 0.586. The number of ether oxygens (including phenoxy) is 2. The second kappa shape index (κ2) is 12.7. The molecule has 0 bridgehead atoms. The molecule has 0 amide bonds. The minimum Gasteiger partial charge on any atom is -0.491 e. The lowest BCUT2D eigenvalue weighted by molar-refractivity contribution is -0.0312. The van der Waals surface area contributed by atoms with Crippen LogP contribution in [0.25, 0.3) is 0 Å². The van der Waals surface area contributed by atoms with Crippen LogP contribution >= 0.6 is 0 Å². The summed E-state index contributed by atoms with van der Waals surface area (Å²) in [5.74, 6) is 0.364. The topological polar surface area (TPSA) is 134 Å². The zero-order valence-electron chi connectivity index (χ0n) is 23.5. The zero-order valence-corrected chi connectivity index (χ0v) is 25.2. The first kappa shape index (κ1) is 30.4. The van der Waals surface area contributed by atoms with Crippen molar-refractivity contribution in [2.75, 3.05) is 39.4 Å². The van der Waals surface area contributed by atoms with E-state index < -0.39 is 26.2 Å². The number of aliphatic hydroxyl groups is 1. The minimum absolute atomic E-state index is 0.00589. The van der Waals surface area contributed by atoms with E-state index in [1.54, 1.807) is 29.4 Å². The predicted octanol–water partition coefficient (Wildman–Crippen LogP) is 2.21. The lowest BCUT2D eigenvalue weighted by Crippen LogP contribution is -2.47. The molecule has 0 radical (unpaired) electrons. The summed E-state index contributed by atoms with van der Waals surface area (Å²) in [4.78, 5) is 0.502. The quantitative estimate of drug-likeness (QED) is 0.354. The maximum atomic E-state index is 13.4. The van der Waals surface area contributed by atoms with Gasteiger partial charge in [0.1, 0.15) is 18.5 Å². The first-order chi connectivity index (χ1) is 19.6. The number of aliphatic hydroxyl groups excluding tert-OH is 1. The maximum Gasteiger partial charge on any atom is 0.243 e. The van der Waals surface area contributed by atoms with Crippen molar-refractivity contribution in [3.05, 3.63) is 53.6 Å². The van der Waals surface area contributed by atoms with Crippen LogP contribution in [0.1, 0.15) is 50.2 Å². The molecular weight excluding hydrogens is 566 g/mol. The van der Waals surface area contributed by atoms with Gasteiger partial charge in [-0.2, -0.15) is 4.31 Å². The summed E-state index contributed by atoms with van der Waals surface area (Å²) in [6.45, 7) is 3.63. The highest BCUT2D eigenvalue weighted by atomic mass is 32.2. The third-order valence-electron chi connectivity index (χ3n) is 8.34. The molecule has 5 rings (SSSR count). The smallest absolute Gasteiger partial charge is 0.243 e. The Morgan fingerprint density at radius 1 is 1.05 bits per heavy atom. The van der Waals surface area contributed by atoms with Gasteiger partial charge in [-0.3, -0.25) is 0 Å². The molecule has 2 aliphatic heterocycles. The van der Waals surface area contributed by atoms with Gasteiger partial charge in [0.05, 0.1) is 22.0 Å². The van der Waals surface area contributed by atoms with Crippen LogP contribution < -0.4 is 14.8 Å². The Labute approximate surface area is 243 Å². The SMILES string of the molecule is CCNS(=O)(=O)c1cccc(OC[C@@H](O)CNC2COC3(CCN(S(=O)(=O)c4ccc5c(c4)CCCC5)CC3)C2)c1. The van der Waals surface area contributed by atoms with Gasteiger partial charge in [0.2, 0.25) is 20.0 Å². The lowest BCUT2D eigenvalue weighted by Gasteiger charge is -2.38. The molecule has 3 aliphatic rings. The molecule has 1 unspecified atom stereocenters. The summed E-state index contributed by atoms with van der Waals surface area (Å²) < 4.78 is 67.1. The first-order valence-corrected chi connectivity index (χ1v) is 17.4. The van der Waals surface area contributed by atoms with E-state index in [4.69, 9.17) is 9.47 Å². The monoisotopic (exact) mass is 607 g/mol. The molecule has 1 spiro atoms. The van der Waals surface area contributed by atoms with Crippen LogP contribution in [0.15, 0.2) is 52.3 Å². The van der Waals surface area contributed by atoms with Crippen LogP contribution in [0.4, 0.5) is 0 Å². The number of sulfonamides is 2. The number of hydrogen-bond donors (Lipinski definition) is 3. The molecule has 2 heterocycles. The largest absolute Gasteiger partial charge is 0.491 e. The van der Waals surface area contributed by atoms with E-state index in [1.165, 1.54) is 17.7 Å². The van der Waals surface area contributed by atoms with Crippen LogP contribution in [0.2, 0.25) is 0 Å².